The first-order valence-corrected chi connectivity index (χ1v) is 12.4. The number of amides is 3. The van der Waals surface area contributed by atoms with Crippen molar-refractivity contribution in [3.63, 3.8) is 0 Å². The molecule has 4 rings (SSSR count). The first kappa shape index (κ1) is 24.9. The van der Waals surface area contributed by atoms with E-state index >= 15 is 0 Å². The molecule has 7 heteroatoms. The second-order valence-corrected chi connectivity index (χ2v) is 10.00. The Morgan fingerprint density at radius 3 is 2.31 bits per heavy atom. The van der Waals surface area contributed by atoms with Crippen LogP contribution in [0.15, 0.2) is 54.6 Å². The largest absolute Gasteiger partial charge is 0.354 e. The van der Waals surface area contributed by atoms with Crippen LogP contribution in [0.3, 0.4) is 0 Å². The van der Waals surface area contributed by atoms with Crippen LogP contribution < -0.4 is 5.32 Å². The fraction of sp³-hybridized carbons (Fsp3) is 0.464. The quantitative estimate of drug-likeness (QED) is 0.693. The lowest BCUT2D eigenvalue weighted by Crippen LogP contribution is -2.60. The highest BCUT2D eigenvalue weighted by atomic mass is 16.5. The molecular formula is C28H35N3O4. The average Bonchev–Trinajstić information content (AvgIpc) is 3.22. The van der Waals surface area contributed by atoms with E-state index in [2.05, 4.69) is 5.32 Å². The summed E-state index contributed by atoms with van der Waals surface area (Å²) in [6.45, 7) is 7.68. The van der Waals surface area contributed by atoms with Crippen LogP contribution in [0.4, 0.5) is 0 Å². The van der Waals surface area contributed by atoms with Gasteiger partial charge in [0.15, 0.2) is 0 Å². The number of carbonyl (C=O) groups is 3. The van der Waals surface area contributed by atoms with Gasteiger partial charge in [-0.15, -0.1) is 0 Å². The van der Waals surface area contributed by atoms with Gasteiger partial charge in [0.1, 0.15) is 11.8 Å². The molecule has 35 heavy (non-hydrogen) atoms. The number of hydrogen-bond donors (Lipinski definition) is 1. The number of likely N-dealkylation sites (tertiary alicyclic amines) is 1. The van der Waals surface area contributed by atoms with Gasteiger partial charge in [0.25, 0.3) is 5.91 Å². The third-order valence-electron chi connectivity index (χ3n) is 6.86. The van der Waals surface area contributed by atoms with Crippen molar-refractivity contribution in [1.82, 2.24) is 15.1 Å². The van der Waals surface area contributed by atoms with Crippen molar-refractivity contribution >= 4 is 17.7 Å². The lowest BCUT2D eigenvalue weighted by Gasteiger charge is -2.44. The summed E-state index contributed by atoms with van der Waals surface area (Å²) in [5.41, 5.74) is 1.67. The molecule has 186 valence electrons. The fourth-order valence-electron chi connectivity index (χ4n) is 4.81. The van der Waals surface area contributed by atoms with Crippen molar-refractivity contribution in [3.05, 3.63) is 71.3 Å². The highest BCUT2D eigenvalue weighted by Crippen LogP contribution is 2.38. The minimum atomic E-state index is -0.897. The first-order chi connectivity index (χ1) is 16.8. The molecule has 0 aromatic heterocycles. The average molecular weight is 478 g/mol. The smallest absolute Gasteiger partial charge is 0.256 e. The van der Waals surface area contributed by atoms with E-state index in [1.165, 1.54) is 0 Å². The Labute approximate surface area is 207 Å². The van der Waals surface area contributed by atoms with E-state index in [-0.39, 0.29) is 24.3 Å². The molecule has 2 heterocycles. The second-order valence-electron chi connectivity index (χ2n) is 10.00. The molecule has 1 atom stereocenters. The fourth-order valence-corrected chi connectivity index (χ4v) is 4.81. The van der Waals surface area contributed by atoms with E-state index < -0.39 is 11.8 Å². The molecule has 3 amide bonds. The maximum atomic E-state index is 13.7. The minimum absolute atomic E-state index is 0.0617. The minimum Gasteiger partial charge on any atom is -0.354 e. The van der Waals surface area contributed by atoms with Gasteiger partial charge >= 0.3 is 0 Å². The Hall–Kier alpha value is -3.19. The van der Waals surface area contributed by atoms with Crippen LogP contribution in [-0.2, 0) is 20.7 Å². The number of rotatable bonds is 6. The Kier molecular flexibility index (Phi) is 7.55. The Morgan fingerprint density at radius 2 is 1.69 bits per heavy atom. The van der Waals surface area contributed by atoms with E-state index in [9.17, 15) is 14.4 Å². The molecule has 0 saturated carbocycles. The highest BCUT2D eigenvalue weighted by Gasteiger charge is 2.54. The van der Waals surface area contributed by atoms with E-state index in [0.29, 0.717) is 50.4 Å². The lowest BCUT2D eigenvalue weighted by atomic mass is 9.96. The molecule has 1 N–H and O–H groups in total. The monoisotopic (exact) mass is 477 g/mol. The van der Waals surface area contributed by atoms with Gasteiger partial charge in [-0.2, -0.15) is 0 Å². The number of ether oxygens (including phenoxy) is 1. The topological polar surface area (TPSA) is 79.0 Å². The van der Waals surface area contributed by atoms with Gasteiger partial charge in [0, 0.05) is 38.0 Å². The molecule has 2 saturated heterocycles. The SMILES string of the molecule is Cc1ccc(C(=O)N2C(C(=O)NCC(C)C)COC23CCN(C(=O)Cc2ccccc2)CC3)cc1. The molecule has 2 aromatic rings. The number of hydrogen-bond acceptors (Lipinski definition) is 4. The zero-order chi connectivity index (χ0) is 25.0. The predicted molar refractivity (Wildman–Crippen MR) is 134 cm³/mol. The van der Waals surface area contributed by atoms with Crippen molar-refractivity contribution < 1.29 is 19.1 Å². The van der Waals surface area contributed by atoms with Crippen molar-refractivity contribution in [2.24, 2.45) is 5.92 Å². The van der Waals surface area contributed by atoms with E-state index in [0.717, 1.165) is 11.1 Å². The summed E-state index contributed by atoms with van der Waals surface area (Å²) >= 11 is 0. The number of carbonyl (C=O) groups excluding carboxylic acids is 3. The third-order valence-corrected chi connectivity index (χ3v) is 6.86. The van der Waals surface area contributed by atoms with Crippen LogP contribution in [0.5, 0.6) is 0 Å². The zero-order valence-corrected chi connectivity index (χ0v) is 20.8. The standard InChI is InChI=1S/C28H35N3O4/c1-20(2)18-29-26(33)24-19-35-28(31(24)27(34)23-11-9-21(3)10-12-23)13-15-30(16-14-28)25(32)17-22-7-5-4-6-8-22/h4-12,20,24H,13-19H2,1-3H3,(H,29,33). The molecule has 2 fully saturated rings. The molecule has 0 aliphatic carbocycles. The molecular weight excluding hydrogens is 442 g/mol. The van der Waals surface area contributed by atoms with Crippen LogP contribution in [0.1, 0.15) is 48.2 Å². The molecule has 7 nitrogen and oxygen atoms in total. The number of aryl methyl sites for hydroxylation is 1. The molecule has 2 aromatic carbocycles. The van der Waals surface area contributed by atoms with Crippen LogP contribution in [-0.4, -0.2) is 65.5 Å². The van der Waals surface area contributed by atoms with Gasteiger partial charge in [-0.05, 0) is 30.5 Å². The van der Waals surface area contributed by atoms with E-state index in [1.54, 1.807) is 17.0 Å². The highest BCUT2D eigenvalue weighted by molar-refractivity contribution is 5.98. The van der Waals surface area contributed by atoms with Gasteiger partial charge in [0.2, 0.25) is 11.8 Å². The number of nitrogens with one attached hydrogen (secondary N) is 1. The Morgan fingerprint density at radius 1 is 1.03 bits per heavy atom. The summed E-state index contributed by atoms with van der Waals surface area (Å²) in [6.07, 6.45) is 1.29. The van der Waals surface area contributed by atoms with Crippen molar-refractivity contribution in [2.75, 3.05) is 26.2 Å². The molecule has 2 aliphatic heterocycles. The summed E-state index contributed by atoms with van der Waals surface area (Å²) in [7, 11) is 0. The van der Waals surface area contributed by atoms with Crippen molar-refractivity contribution in [3.8, 4) is 0 Å². The van der Waals surface area contributed by atoms with Crippen LogP contribution in [0.2, 0.25) is 0 Å². The molecule has 2 aliphatic rings. The normalized spacial score (nSPS) is 19.3. The van der Waals surface area contributed by atoms with Crippen molar-refractivity contribution in [2.45, 2.75) is 51.8 Å². The van der Waals surface area contributed by atoms with Gasteiger partial charge in [-0.25, -0.2) is 0 Å². The number of nitrogens with zero attached hydrogens (tertiary/aromatic N) is 2. The summed E-state index contributed by atoms with van der Waals surface area (Å²) < 4.78 is 6.25. The molecule has 1 unspecified atom stereocenters. The zero-order valence-electron chi connectivity index (χ0n) is 20.8. The summed E-state index contributed by atoms with van der Waals surface area (Å²) in [6, 6.07) is 16.4. The van der Waals surface area contributed by atoms with Gasteiger partial charge in [-0.3, -0.25) is 19.3 Å². The van der Waals surface area contributed by atoms with Crippen LogP contribution in [0.25, 0.3) is 0 Å². The van der Waals surface area contributed by atoms with Gasteiger partial charge in [-0.1, -0.05) is 61.9 Å². The summed E-state index contributed by atoms with van der Waals surface area (Å²) in [5.74, 6) is -0.0445. The van der Waals surface area contributed by atoms with E-state index in [4.69, 9.17) is 4.74 Å². The Balaban J connectivity index is 1.52. The molecule has 0 radical (unpaired) electrons. The lowest BCUT2D eigenvalue weighted by molar-refractivity contribution is -0.143. The third kappa shape index (κ3) is 5.56. The van der Waals surface area contributed by atoms with Crippen LogP contribution >= 0.6 is 0 Å². The summed E-state index contributed by atoms with van der Waals surface area (Å²) in [5, 5.41) is 2.97. The maximum Gasteiger partial charge on any atom is 0.256 e. The van der Waals surface area contributed by atoms with Crippen molar-refractivity contribution in [1.29, 1.82) is 0 Å². The molecule has 1 spiro atoms. The first-order valence-electron chi connectivity index (χ1n) is 12.4. The van der Waals surface area contributed by atoms with Gasteiger partial charge < -0.3 is 15.0 Å². The summed E-state index contributed by atoms with van der Waals surface area (Å²) in [4.78, 5) is 43.2. The predicted octanol–water partition coefficient (Wildman–Crippen LogP) is 3.17. The maximum absolute atomic E-state index is 13.7. The Bertz CT molecular complexity index is 1040. The van der Waals surface area contributed by atoms with E-state index in [1.807, 2.05) is 68.1 Å². The second kappa shape index (κ2) is 10.6. The number of piperidine rings is 1. The molecule has 0 bridgehead atoms. The number of benzene rings is 2. The van der Waals surface area contributed by atoms with Gasteiger partial charge in [0.05, 0.1) is 13.0 Å². The van der Waals surface area contributed by atoms with Crippen LogP contribution in [0, 0.1) is 12.8 Å².